The number of para-hydroxylation sites is 1. The second-order valence-electron chi connectivity index (χ2n) is 5.42. The van der Waals surface area contributed by atoms with Gasteiger partial charge in [-0.1, -0.05) is 24.3 Å². The molecular formula is C20H25NO4. The van der Waals surface area contributed by atoms with Gasteiger partial charge >= 0.3 is 0 Å². The molecule has 0 aliphatic heterocycles. The molecule has 0 radical (unpaired) electrons. The predicted molar refractivity (Wildman–Crippen MR) is 97.4 cm³/mol. The molecule has 0 saturated heterocycles. The third-order valence-electron chi connectivity index (χ3n) is 3.63. The van der Waals surface area contributed by atoms with Crippen LogP contribution in [0.4, 0.5) is 0 Å². The first kappa shape index (κ1) is 18.6. The van der Waals surface area contributed by atoms with Gasteiger partial charge in [0.25, 0.3) is 0 Å². The quantitative estimate of drug-likeness (QED) is 0.673. The van der Waals surface area contributed by atoms with Gasteiger partial charge in [0.15, 0.2) is 0 Å². The molecule has 0 aliphatic carbocycles. The number of benzene rings is 2. The van der Waals surface area contributed by atoms with Crippen LogP contribution in [-0.4, -0.2) is 32.8 Å². The summed E-state index contributed by atoms with van der Waals surface area (Å²) in [5, 5.41) is 2.87. The topological polar surface area (TPSA) is 56.8 Å². The molecule has 0 heterocycles. The molecule has 0 fully saturated rings. The summed E-state index contributed by atoms with van der Waals surface area (Å²) in [6.45, 7) is 3.44. The van der Waals surface area contributed by atoms with Crippen LogP contribution in [0.15, 0.2) is 48.5 Å². The maximum atomic E-state index is 12.0. The fourth-order valence-corrected chi connectivity index (χ4v) is 2.39. The summed E-state index contributed by atoms with van der Waals surface area (Å²) in [5.41, 5.74) is 1.05. The number of aryl methyl sites for hydroxylation is 1. The van der Waals surface area contributed by atoms with Gasteiger partial charge in [0.2, 0.25) is 5.91 Å². The molecule has 0 spiro atoms. The van der Waals surface area contributed by atoms with E-state index in [0.29, 0.717) is 32.6 Å². The normalized spacial score (nSPS) is 10.2. The lowest BCUT2D eigenvalue weighted by Gasteiger charge is -2.11. The minimum absolute atomic E-state index is 0.000503. The number of rotatable bonds is 10. The van der Waals surface area contributed by atoms with Crippen molar-refractivity contribution >= 4 is 5.91 Å². The summed E-state index contributed by atoms with van der Waals surface area (Å²) < 4.78 is 16.3. The van der Waals surface area contributed by atoms with Crippen LogP contribution >= 0.6 is 0 Å². The Morgan fingerprint density at radius 3 is 2.64 bits per heavy atom. The van der Waals surface area contributed by atoms with Crippen molar-refractivity contribution in [3.05, 3.63) is 54.1 Å². The summed E-state index contributed by atoms with van der Waals surface area (Å²) in [5.74, 6) is 2.31. The molecule has 0 saturated carbocycles. The first-order valence-corrected chi connectivity index (χ1v) is 8.47. The van der Waals surface area contributed by atoms with E-state index >= 15 is 0 Å². The van der Waals surface area contributed by atoms with Crippen molar-refractivity contribution in [2.24, 2.45) is 0 Å². The highest BCUT2D eigenvalue weighted by Crippen LogP contribution is 2.20. The zero-order chi connectivity index (χ0) is 17.9. The number of carbonyl (C=O) groups excluding carboxylic acids is 1. The van der Waals surface area contributed by atoms with Crippen LogP contribution in [0.3, 0.4) is 0 Å². The first-order valence-electron chi connectivity index (χ1n) is 8.47. The first-order chi connectivity index (χ1) is 12.2. The Morgan fingerprint density at radius 2 is 1.84 bits per heavy atom. The lowest BCUT2D eigenvalue weighted by atomic mass is 10.1. The highest BCUT2D eigenvalue weighted by atomic mass is 16.5. The van der Waals surface area contributed by atoms with Gasteiger partial charge in [0.1, 0.15) is 23.9 Å². The molecule has 5 nitrogen and oxygen atoms in total. The van der Waals surface area contributed by atoms with Gasteiger partial charge in [-0.15, -0.1) is 0 Å². The number of hydrogen-bond donors (Lipinski definition) is 1. The van der Waals surface area contributed by atoms with Gasteiger partial charge in [-0.25, -0.2) is 0 Å². The standard InChI is InChI=1S/C20H25NO4/c1-3-24-19-10-5-4-7-16(19)11-12-20(22)21-13-14-25-18-9-6-8-17(15-18)23-2/h4-10,15H,3,11-14H2,1-2H3,(H,21,22). The molecule has 134 valence electrons. The minimum atomic E-state index is 0.000503. The van der Waals surface area contributed by atoms with Crippen LogP contribution in [0.25, 0.3) is 0 Å². The van der Waals surface area contributed by atoms with Gasteiger partial charge in [0, 0.05) is 12.5 Å². The van der Waals surface area contributed by atoms with Crippen molar-refractivity contribution in [2.75, 3.05) is 26.9 Å². The maximum Gasteiger partial charge on any atom is 0.220 e. The smallest absolute Gasteiger partial charge is 0.220 e. The Bertz CT molecular complexity index is 672. The van der Waals surface area contributed by atoms with Crippen molar-refractivity contribution < 1.29 is 19.0 Å². The van der Waals surface area contributed by atoms with Crippen molar-refractivity contribution in [1.82, 2.24) is 5.32 Å². The lowest BCUT2D eigenvalue weighted by Crippen LogP contribution is -2.28. The van der Waals surface area contributed by atoms with Gasteiger partial charge in [-0.05, 0) is 37.1 Å². The molecule has 0 unspecified atom stereocenters. The Morgan fingerprint density at radius 1 is 1.04 bits per heavy atom. The Balaban J connectivity index is 1.69. The Hall–Kier alpha value is -2.69. The summed E-state index contributed by atoms with van der Waals surface area (Å²) in [7, 11) is 1.61. The van der Waals surface area contributed by atoms with E-state index in [4.69, 9.17) is 14.2 Å². The third-order valence-corrected chi connectivity index (χ3v) is 3.63. The minimum Gasteiger partial charge on any atom is -0.497 e. The van der Waals surface area contributed by atoms with Gasteiger partial charge in [-0.3, -0.25) is 4.79 Å². The molecule has 0 aliphatic rings. The van der Waals surface area contributed by atoms with Crippen molar-refractivity contribution in [1.29, 1.82) is 0 Å². The van der Waals surface area contributed by atoms with Gasteiger partial charge < -0.3 is 19.5 Å². The van der Waals surface area contributed by atoms with Crippen molar-refractivity contribution in [3.8, 4) is 17.2 Å². The number of nitrogens with one attached hydrogen (secondary N) is 1. The van der Waals surface area contributed by atoms with Crippen molar-refractivity contribution in [3.63, 3.8) is 0 Å². The molecule has 0 atom stereocenters. The molecule has 5 heteroatoms. The van der Waals surface area contributed by atoms with E-state index in [1.165, 1.54) is 0 Å². The van der Waals surface area contributed by atoms with Crippen LogP contribution in [-0.2, 0) is 11.2 Å². The fraction of sp³-hybridized carbons (Fsp3) is 0.350. The predicted octanol–water partition coefficient (Wildman–Crippen LogP) is 3.22. The zero-order valence-electron chi connectivity index (χ0n) is 14.8. The number of hydrogen-bond acceptors (Lipinski definition) is 4. The number of ether oxygens (including phenoxy) is 3. The van der Waals surface area contributed by atoms with E-state index in [-0.39, 0.29) is 5.91 Å². The molecule has 1 amide bonds. The molecule has 0 bridgehead atoms. The summed E-state index contributed by atoms with van der Waals surface area (Å²) >= 11 is 0. The second kappa shape index (κ2) is 10.2. The number of carbonyl (C=O) groups is 1. The Kier molecular flexibility index (Phi) is 7.63. The van der Waals surface area contributed by atoms with Crippen LogP contribution in [0, 0.1) is 0 Å². The van der Waals surface area contributed by atoms with Gasteiger partial charge in [0.05, 0.1) is 20.3 Å². The van der Waals surface area contributed by atoms with E-state index in [0.717, 1.165) is 22.8 Å². The average Bonchev–Trinajstić information content (AvgIpc) is 2.65. The highest BCUT2D eigenvalue weighted by Gasteiger charge is 2.06. The summed E-state index contributed by atoms with van der Waals surface area (Å²) in [4.78, 5) is 12.0. The van der Waals surface area contributed by atoms with E-state index in [2.05, 4.69) is 5.32 Å². The molecule has 1 N–H and O–H groups in total. The fourth-order valence-electron chi connectivity index (χ4n) is 2.39. The van der Waals surface area contributed by atoms with E-state index in [9.17, 15) is 4.79 Å². The summed E-state index contributed by atoms with van der Waals surface area (Å²) in [6.07, 6.45) is 1.07. The molecule has 2 aromatic rings. The van der Waals surface area contributed by atoms with Crippen LogP contribution in [0.5, 0.6) is 17.2 Å². The molecule has 25 heavy (non-hydrogen) atoms. The SMILES string of the molecule is CCOc1ccccc1CCC(=O)NCCOc1cccc(OC)c1. The van der Waals surface area contributed by atoms with Crippen molar-refractivity contribution in [2.45, 2.75) is 19.8 Å². The van der Waals surface area contributed by atoms with Gasteiger partial charge in [-0.2, -0.15) is 0 Å². The van der Waals surface area contributed by atoms with Crippen LogP contribution in [0.2, 0.25) is 0 Å². The zero-order valence-corrected chi connectivity index (χ0v) is 14.8. The van der Waals surface area contributed by atoms with E-state index in [1.54, 1.807) is 7.11 Å². The number of amides is 1. The third kappa shape index (κ3) is 6.37. The van der Waals surface area contributed by atoms with Crippen LogP contribution < -0.4 is 19.5 Å². The average molecular weight is 343 g/mol. The summed E-state index contributed by atoms with van der Waals surface area (Å²) in [6, 6.07) is 15.2. The van der Waals surface area contributed by atoms with E-state index in [1.807, 2.05) is 55.5 Å². The molecule has 0 aromatic heterocycles. The maximum absolute atomic E-state index is 12.0. The largest absolute Gasteiger partial charge is 0.497 e. The molecule has 2 rings (SSSR count). The Labute approximate surface area is 148 Å². The monoisotopic (exact) mass is 343 g/mol. The van der Waals surface area contributed by atoms with E-state index < -0.39 is 0 Å². The number of methoxy groups -OCH3 is 1. The lowest BCUT2D eigenvalue weighted by molar-refractivity contribution is -0.121. The second-order valence-corrected chi connectivity index (χ2v) is 5.42. The van der Waals surface area contributed by atoms with Crippen LogP contribution in [0.1, 0.15) is 18.9 Å². The molecular weight excluding hydrogens is 318 g/mol. The molecule has 2 aromatic carbocycles. The highest BCUT2D eigenvalue weighted by molar-refractivity contribution is 5.76.